The number of aromatic nitrogens is 3. The number of hydrogen-bond acceptors (Lipinski definition) is 6. The molecule has 0 saturated carbocycles. The lowest BCUT2D eigenvalue weighted by molar-refractivity contribution is 0.0603. The summed E-state index contributed by atoms with van der Waals surface area (Å²) in [5.41, 5.74) is 4.13. The molecule has 4 rings (SSSR count). The number of aryl methyl sites for hydroxylation is 2. The topological polar surface area (TPSA) is 91.2 Å². The van der Waals surface area contributed by atoms with E-state index >= 15 is 0 Å². The predicted molar refractivity (Wildman–Crippen MR) is 106 cm³/mol. The fourth-order valence-corrected chi connectivity index (χ4v) is 5.37. The van der Waals surface area contributed by atoms with Crippen LogP contribution in [0.5, 0.6) is 0 Å². The van der Waals surface area contributed by atoms with E-state index in [4.69, 9.17) is 9.72 Å². The average molecular weight is 399 g/mol. The summed E-state index contributed by atoms with van der Waals surface area (Å²) >= 11 is 0. The first-order valence-electron chi connectivity index (χ1n) is 9.05. The molecule has 3 aromatic rings. The molecular formula is C20H21N3O4S. The minimum atomic E-state index is -3.08. The van der Waals surface area contributed by atoms with Gasteiger partial charge in [-0.2, -0.15) is 5.10 Å². The standard InChI is InChI=1S/C20H21N3O4S/c1-12-4-6-14(7-5-12)17-10-16(20(24)27-3)18-13(2)22-23(19(18)21-17)15-8-9-28(25,26)11-15/h4-7,10,15H,8-9,11H2,1-3H3/t15-/m1/s1. The SMILES string of the molecule is COC(=O)c1cc(-c2ccc(C)cc2)nc2c1c(C)nn2[C@@H]1CCS(=O)(=O)C1. The van der Waals surface area contributed by atoms with Crippen molar-refractivity contribution in [2.75, 3.05) is 18.6 Å². The van der Waals surface area contributed by atoms with E-state index in [9.17, 15) is 13.2 Å². The van der Waals surface area contributed by atoms with Crippen LogP contribution in [0.25, 0.3) is 22.3 Å². The van der Waals surface area contributed by atoms with Gasteiger partial charge >= 0.3 is 5.97 Å². The number of carbonyl (C=O) groups is 1. The second-order valence-electron chi connectivity index (χ2n) is 7.20. The second kappa shape index (κ2) is 6.70. The quantitative estimate of drug-likeness (QED) is 0.629. The highest BCUT2D eigenvalue weighted by Gasteiger charge is 2.32. The van der Waals surface area contributed by atoms with E-state index in [1.54, 1.807) is 17.7 Å². The number of esters is 1. The van der Waals surface area contributed by atoms with Gasteiger partial charge in [0.1, 0.15) is 0 Å². The number of sulfone groups is 1. The Balaban J connectivity index is 1.96. The molecule has 28 heavy (non-hydrogen) atoms. The smallest absolute Gasteiger partial charge is 0.338 e. The number of fused-ring (bicyclic) bond motifs is 1. The van der Waals surface area contributed by atoms with Crippen LogP contribution >= 0.6 is 0 Å². The molecule has 0 spiro atoms. The fourth-order valence-electron chi connectivity index (χ4n) is 3.68. The Bertz CT molecular complexity index is 1180. The first kappa shape index (κ1) is 18.6. The van der Waals surface area contributed by atoms with E-state index < -0.39 is 15.8 Å². The van der Waals surface area contributed by atoms with Crippen molar-refractivity contribution >= 4 is 26.8 Å². The molecule has 0 unspecified atom stereocenters. The molecule has 0 bridgehead atoms. The van der Waals surface area contributed by atoms with Gasteiger partial charge in [-0.15, -0.1) is 0 Å². The van der Waals surface area contributed by atoms with Crippen LogP contribution in [0.2, 0.25) is 0 Å². The first-order chi connectivity index (χ1) is 13.3. The maximum atomic E-state index is 12.5. The van der Waals surface area contributed by atoms with Crippen molar-refractivity contribution in [3.8, 4) is 11.3 Å². The molecule has 3 heterocycles. The summed E-state index contributed by atoms with van der Waals surface area (Å²) in [5, 5.41) is 5.15. The van der Waals surface area contributed by atoms with E-state index in [1.807, 2.05) is 31.2 Å². The number of rotatable bonds is 3. The van der Waals surface area contributed by atoms with Crippen LogP contribution in [-0.2, 0) is 14.6 Å². The van der Waals surface area contributed by atoms with Crippen LogP contribution in [0.1, 0.15) is 34.1 Å². The molecule has 146 valence electrons. The molecule has 1 aliphatic heterocycles. The maximum absolute atomic E-state index is 12.5. The Kier molecular flexibility index (Phi) is 4.45. The molecule has 0 N–H and O–H groups in total. The van der Waals surface area contributed by atoms with Crippen molar-refractivity contribution in [3.63, 3.8) is 0 Å². The van der Waals surface area contributed by atoms with Gasteiger partial charge in [0.05, 0.1) is 47.0 Å². The third-order valence-electron chi connectivity index (χ3n) is 5.14. The van der Waals surface area contributed by atoms with Gasteiger partial charge in [0.2, 0.25) is 0 Å². The summed E-state index contributed by atoms with van der Waals surface area (Å²) in [7, 11) is -1.74. The van der Waals surface area contributed by atoms with Gasteiger partial charge in [-0.05, 0) is 26.3 Å². The van der Waals surface area contributed by atoms with Gasteiger partial charge in [0.15, 0.2) is 15.5 Å². The van der Waals surface area contributed by atoms with Crippen molar-refractivity contribution in [1.29, 1.82) is 0 Å². The van der Waals surface area contributed by atoms with Crippen molar-refractivity contribution in [2.45, 2.75) is 26.3 Å². The summed E-state index contributed by atoms with van der Waals surface area (Å²) < 4.78 is 30.6. The van der Waals surface area contributed by atoms with E-state index in [-0.39, 0.29) is 17.5 Å². The molecular weight excluding hydrogens is 378 g/mol. The van der Waals surface area contributed by atoms with E-state index in [1.165, 1.54) is 7.11 Å². The first-order valence-corrected chi connectivity index (χ1v) is 10.9. The number of ether oxygens (including phenoxy) is 1. The monoisotopic (exact) mass is 399 g/mol. The Morgan fingerprint density at radius 3 is 2.54 bits per heavy atom. The Morgan fingerprint density at radius 2 is 1.93 bits per heavy atom. The van der Waals surface area contributed by atoms with E-state index in [0.29, 0.717) is 34.4 Å². The lowest BCUT2D eigenvalue weighted by atomic mass is 10.0. The molecule has 7 nitrogen and oxygen atoms in total. The highest BCUT2D eigenvalue weighted by atomic mass is 32.2. The molecule has 0 aliphatic carbocycles. The normalized spacial score (nSPS) is 18.5. The van der Waals surface area contributed by atoms with Gasteiger partial charge in [-0.3, -0.25) is 0 Å². The van der Waals surface area contributed by atoms with Crippen LogP contribution in [0.15, 0.2) is 30.3 Å². The van der Waals surface area contributed by atoms with Crippen molar-refractivity contribution in [1.82, 2.24) is 14.8 Å². The summed E-state index contributed by atoms with van der Waals surface area (Å²) in [6.45, 7) is 3.79. The highest BCUT2D eigenvalue weighted by molar-refractivity contribution is 7.91. The van der Waals surface area contributed by atoms with E-state index in [2.05, 4.69) is 5.10 Å². The zero-order chi connectivity index (χ0) is 20.1. The van der Waals surface area contributed by atoms with Crippen LogP contribution in [-0.4, -0.2) is 47.8 Å². The van der Waals surface area contributed by atoms with Gasteiger partial charge in [0, 0.05) is 5.56 Å². The second-order valence-corrected chi connectivity index (χ2v) is 9.43. The summed E-state index contributed by atoms with van der Waals surface area (Å²) in [6, 6.07) is 9.27. The highest BCUT2D eigenvalue weighted by Crippen LogP contribution is 2.32. The lowest BCUT2D eigenvalue weighted by Gasteiger charge is -2.11. The van der Waals surface area contributed by atoms with Crippen LogP contribution in [0.3, 0.4) is 0 Å². The molecule has 1 aromatic carbocycles. The molecule has 1 saturated heterocycles. The molecule has 8 heteroatoms. The fraction of sp³-hybridized carbons (Fsp3) is 0.350. The molecule has 0 amide bonds. The Morgan fingerprint density at radius 1 is 1.21 bits per heavy atom. The van der Waals surface area contributed by atoms with Crippen molar-refractivity contribution in [3.05, 3.63) is 47.2 Å². The summed E-state index contributed by atoms with van der Waals surface area (Å²) in [5.74, 6) is -0.297. The Labute approximate surface area is 163 Å². The lowest BCUT2D eigenvalue weighted by Crippen LogP contribution is -2.13. The number of nitrogens with zero attached hydrogens (tertiary/aromatic N) is 3. The van der Waals surface area contributed by atoms with Crippen LogP contribution in [0.4, 0.5) is 0 Å². The maximum Gasteiger partial charge on any atom is 0.338 e. The third kappa shape index (κ3) is 3.17. The zero-order valence-corrected chi connectivity index (χ0v) is 16.8. The number of pyridine rings is 1. The van der Waals surface area contributed by atoms with Gasteiger partial charge < -0.3 is 4.74 Å². The predicted octanol–water partition coefficient (Wildman–Crippen LogP) is 2.86. The molecule has 0 radical (unpaired) electrons. The van der Waals surface area contributed by atoms with Crippen LogP contribution < -0.4 is 0 Å². The minimum absolute atomic E-state index is 0.0349. The summed E-state index contributed by atoms with van der Waals surface area (Å²) in [6.07, 6.45) is 0.489. The number of hydrogen-bond donors (Lipinski definition) is 0. The van der Waals surface area contributed by atoms with Crippen molar-refractivity contribution in [2.24, 2.45) is 0 Å². The third-order valence-corrected chi connectivity index (χ3v) is 6.89. The Hall–Kier alpha value is -2.74. The molecule has 1 fully saturated rings. The molecule has 1 atom stereocenters. The number of methoxy groups -OCH3 is 1. The average Bonchev–Trinajstić information content (AvgIpc) is 3.20. The van der Waals surface area contributed by atoms with Gasteiger partial charge in [0.25, 0.3) is 0 Å². The van der Waals surface area contributed by atoms with Gasteiger partial charge in [-0.1, -0.05) is 29.8 Å². The molecule has 2 aromatic heterocycles. The number of carbonyl (C=O) groups excluding carboxylic acids is 1. The zero-order valence-electron chi connectivity index (χ0n) is 16.0. The largest absolute Gasteiger partial charge is 0.465 e. The number of benzene rings is 1. The van der Waals surface area contributed by atoms with Crippen LogP contribution in [0, 0.1) is 13.8 Å². The van der Waals surface area contributed by atoms with Crippen molar-refractivity contribution < 1.29 is 17.9 Å². The summed E-state index contributed by atoms with van der Waals surface area (Å²) in [4.78, 5) is 17.2. The van der Waals surface area contributed by atoms with E-state index in [0.717, 1.165) is 11.1 Å². The van der Waals surface area contributed by atoms with Gasteiger partial charge in [-0.25, -0.2) is 22.9 Å². The minimum Gasteiger partial charge on any atom is -0.465 e. The molecule has 1 aliphatic rings.